The molecule has 0 atom stereocenters. The zero-order chi connectivity index (χ0) is 29.1. The average Bonchev–Trinajstić information content (AvgIpc) is 2.71. The van der Waals surface area contributed by atoms with Gasteiger partial charge >= 0.3 is 21.1 Å². The Labute approximate surface area is 255 Å². The molecular weight excluding hydrogens is 572 g/mol. The summed E-state index contributed by atoms with van der Waals surface area (Å²) in [7, 11) is 0. The van der Waals surface area contributed by atoms with E-state index in [4.69, 9.17) is 38.4 Å². The first kappa shape index (κ1) is 42.5. The largest absolute Gasteiger partial charge is 4.00 e. The van der Waals surface area contributed by atoms with Gasteiger partial charge in [0.05, 0.1) is 0 Å². The molecule has 37 heavy (non-hydrogen) atoms. The summed E-state index contributed by atoms with van der Waals surface area (Å²) in [6, 6.07) is 20.0. The molecule has 0 radical (unpaired) electrons. The second kappa shape index (κ2) is 21.3. The van der Waals surface area contributed by atoms with Gasteiger partial charge in [-0.2, -0.15) is 9.49 Å². The number of benzene rings is 2. The van der Waals surface area contributed by atoms with E-state index in [1.54, 1.807) is 0 Å². The number of hydrogen-bond donors (Lipinski definition) is 0. The fourth-order valence-electron chi connectivity index (χ4n) is 1.19. The summed E-state index contributed by atoms with van der Waals surface area (Å²) in [5.74, 6) is 6.22. The van der Waals surface area contributed by atoms with Gasteiger partial charge in [-0.15, -0.1) is 0 Å². The third-order valence-corrected chi connectivity index (χ3v) is 2.57. The Morgan fingerprint density at radius 1 is 0.514 bits per heavy atom. The molecular formula is C32H46MoN2S2+2. The van der Waals surface area contributed by atoms with E-state index in [2.05, 4.69) is 21.5 Å². The number of rotatable bonds is 0. The maximum Gasteiger partial charge on any atom is 4.00 e. The van der Waals surface area contributed by atoms with Crippen LogP contribution in [0.4, 0.5) is 0 Å². The van der Waals surface area contributed by atoms with E-state index in [-0.39, 0.29) is 41.6 Å². The molecule has 0 saturated carbocycles. The molecule has 0 fully saturated rings. The van der Waals surface area contributed by atoms with Gasteiger partial charge in [-0.25, -0.2) is 13.1 Å². The van der Waals surface area contributed by atoms with Crippen LogP contribution in [0.2, 0.25) is 0 Å². The van der Waals surface area contributed by atoms with E-state index in [1.807, 2.05) is 144 Å². The van der Waals surface area contributed by atoms with Crippen LogP contribution in [0.1, 0.15) is 94.2 Å². The molecule has 0 amide bonds. The van der Waals surface area contributed by atoms with Crippen molar-refractivity contribution in [1.29, 1.82) is 0 Å². The van der Waals surface area contributed by atoms with E-state index in [1.165, 1.54) is 0 Å². The van der Waals surface area contributed by atoms with Crippen LogP contribution in [-0.4, -0.2) is 20.6 Å². The van der Waals surface area contributed by atoms with Crippen molar-refractivity contribution in [2.45, 2.75) is 104 Å². The van der Waals surface area contributed by atoms with Crippen molar-refractivity contribution < 1.29 is 21.1 Å². The second-order valence-corrected chi connectivity index (χ2v) is 14.2. The predicted octanol–water partition coefficient (Wildman–Crippen LogP) is 9.16. The number of nitrogens with zero attached hydrogens (tertiary/aromatic N) is 2. The van der Waals surface area contributed by atoms with Crippen molar-refractivity contribution >= 4 is 25.3 Å². The Hall–Kier alpha value is -1.63. The maximum atomic E-state index is 6.48. The summed E-state index contributed by atoms with van der Waals surface area (Å²) in [6.07, 6.45) is 0. The van der Waals surface area contributed by atoms with E-state index in [0.717, 1.165) is 11.1 Å². The SMILES string of the molecule is C(#Cc1ccccc1)c1ccccc1.CC(C)(C)[S-].CC(C)(C)[S-].[C-]#[N+]C(C)(C)C.[C-]#[N+]C(C)(C)C.[Mo+4]. The van der Waals surface area contributed by atoms with Gasteiger partial charge < -0.3 is 34.9 Å². The molecule has 0 spiro atoms. The first-order valence-electron chi connectivity index (χ1n) is 11.9. The second-order valence-electron chi connectivity index (χ2n) is 11.8. The Bertz CT molecular complexity index is 859. The fraction of sp³-hybridized carbons (Fsp3) is 0.500. The van der Waals surface area contributed by atoms with E-state index < -0.39 is 0 Å². The van der Waals surface area contributed by atoms with Gasteiger partial charge in [-0.05, 0) is 24.3 Å². The zero-order valence-corrected chi connectivity index (χ0v) is 28.5. The molecule has 2 nitrogen and oxygen atoms in total. The Balaban J connectivity index is -0.000000202. The van der Waals surface area contributed by atoms with Crippen LogP contribution in [-0.2, 0) is 46.3 Å². The van der Waals surface area contributed by atoms with Crippen LogP contribution in [0.5, 0.6) is 0 Å². The van der Waals surface area contributed by atoms with Gasteiger partial charge in [0.1, 0.15) is 0 Å². The van der Waals surface area contributed by atoms with Crippen molar-refractivity contribution in [3.8, 4) is 11.8 Å². The van der Waals surface area contributed by atoms with Gasteiger partial charge in [-0.3, -0.25) is 0 Å². The van der Waals surface area contributed by atoms with E-state index in [9.17, 15) is 0 Å². The molecule has 0 aromatic heterocycles. The van der Waals surface area contributed by atoms with Crippen molar-refractivity contribution in [1.82, 2.24) is 0 Å². The smallest absolute Gasteiger partial charge is 0.787 e. The summed E-state index contributed by atoms with van der Waals surface area (Å²) >= 11 is 9.65. The molecule has 0 aliphatic rings. The molecule has 0 bridgehead atoms. The summed E-state index contributed by atoms with van der Waals surface area (Å²) in [5.41, 5.74) is 1.77. The minimum atomic E-state index is -0.167. The molecule has 5 heteroatoms. The van der Waals surface area contributed by atoms with Crippen LogP contribution >= 0.6 is 0 Å². The Kier molecular flexibility index (Phi) is 24.5. The monoisotopic (exact) mass is 620 g/mol. The predicted molar refractivity (Wildman–Crippen MR) is 166 cm³/mol. The van der Waals surface area contributed by atoms with Gasteiger partial charge in [0.2, 0.25) is 11.1 Å². The van der Waals surface area contributed by atoms with Gasteiger partial charge in [0.15, 0.2) is 0 Å². The molecule has 0 unspecified atom stereocenters. The quantitative estimate of drug-likeness (QED) is 0.126. The molecule has 200 valence electrons. The third kappa shape index (κ3) is 56.0. The minimum Gasteiger partial charge on any atom is -0.787 e. The molecule has 0 N–H and O–H groups in total. The molecule has 0 saturated heterocycles. The normalized spacial score (nSPS) is 9.95. The first-order valence-corrected chi connectivity index (χ1v) is 12.7. The average molecular weight is 619 g/mol. The van der Waals surface area contributed by atoms with Gasteiger partial charge in [0.25, 0.3) is 0 Å². The Morgan fingerprint density at radius 3 is 0.811 bits per heavy atom. The van der Waals surface area contributed by atoms with Crippen LogP contribution in [0, 0.1) is 25.0 Å². The summed E-state index contributed by atoms with van der Waals surface area (Å²) in [5, 5.41) is 0. The standard InChI is InChI=1S/C14H10.2C5H9N.2C4H10S.Mo/c1-3-7-13(8-4-1)11-12-14-9-5-2-6-10-14;2*1-5(2,3)6-4;2*1-4(2,3)5;/h1-10H;2*1-3H3;2*5H,1-3H3;/q;;;;;+4/p-2. The number of hydrogen-bond acceptors (Lipinski definition) is 2. The van der Waals surface area contributed by atoms with Crippen LogP contribution < -0.4 is 0 Å². The fourth-order valence-corrected chi connectivity index (χ4v) is 1.19. The summed E-state index contributed by atoms with van der Waals surface area (Å²) in [6.45, 7) is 36.3. The van der Waals surface area contributed by atoms with Crippen LogP contribution in [0.25, 0.3) is 9.69 Å². The first-order chi connectivity index (χ1) is 16.1. The van der Waals surface area contributed by atoms with Crippen LogP contribution in [0.3, 0.4) is 0 Å². The van der Waals surface area contributed by atoms with Crippen LogP contribution in [0.15, 0.2) is 60.7 Å². The zero-order valence-electron chi connectivity index (χ0n) is 24.9. The summed E-state index contributed by atoms with van der Waals surface area (Å²) in [4.78, 5) is 6.54. The third-order valence-electron chi connectivity index (χ3n) is 2.57. The minimum absolute atomic E-state index is 0. The molecule has 0 aliphatic carbocycles. The summed E-state index contributed by atoms with van der Waals surface area (Å²) < 4.78 is 0.167. The van der Waals surface area contributed by atoms with E-state index in [0.29, 0.717) is 0 Å². The molecule has 2 aromatic rings. The van der Waals surface area contributed by atoms with Crippen molar-refractivity contribution in [3.63, 3.8) is 0 Å². The van der Waals surface area contributed by atoms with Gasteiger partial charge in [0, 0.05) is 52.7 Å². The van der Waals surface area contributed by atoms with Crippen molar-refractivity contribution in [2.75, 3.05) is 0 Å². The van der Waals surface area contributed by atoms with Crippen molar-refractivity contribution in [2.24, 2.45) is 0 Å². The molecule has 0 aliphatic heterocycles. The molecule has 2 aromatic carbocycles. The molecule has 2 rings (SSSR count). The Morgan fingerprint density at radius 2 is 0.676 bits per heavy atom. The van der Waals surface area contributed by atoms with Crippen molar-refractivity contribution in [3.05, 3.63) is 94.6 Å². The maximum absolute atomic E-state index is 6.48. The van der Waals surface area contributed by atoms with E-state index >= 15 is 0 Å². The van der Waals surface area contributed by atoms with Gasteiger partial charge in [-0.1, -0.05) is 89.8 Å². The molecule has 0 heterocycles. The topological polar surface area (TPSA) is 8.72 Å².